The molecule has 0 aliphatic rings. The van der Waals surface area contributed by atoms with E-state index in [0.29, 0.717) is 13.2 Å². The van der Waals surface area contributed by atoms with E-state index < -0.39 is 0 Å². The zero-order valence-electron chi connectivity index (χ0n) is 13.2. The van der Waals surface area contributed by atoms with Crippen molar-refractivity contribution < 1.29 is 4.74 Å². The lowest BCUT2D eigenvalue weighted by molar-refractivity contribution is 0.306. The lowest BCUT2D eigenvalue weighted by Gasteiger charge is -2.07. The maximum atomic E-state index is 5.79. The van der Waals surface area contributed by atoms with Crippen LogP contribution in [0.1, 0.15) is 36.5 Å². The van der Waals surface area contributed by atoms with Crippen LogP contribution in [0.5, 0.6) is 5.75 Å². The highest BCUT2D eigenvalue weighted by Crippen LogP contribution is 2.14. The van der Waals surface area contributed by atoms with Gasteiger partial charge in [0.2, 0.25) is 0 Å². The predicted octanol–water partition coefficient (Wildman–Crippen LogP) is 3.94. The van der Waals surface area contributed by atoms with Crippen LogP contribution in [0.25, 0.3) is 0 Å². The molecule has 0 saturated carbocycles. The van der Waals surface area contributed by atoms with Gasteiger partial charge in [0.05, 0.1) is 0 Å². The molecule has 0 fully saturated rings. The van der Waals surface area contributed by atoms with Gasteiger partial charge in [-0.1, -0.05) is 37.6 Å². The molecule has 0 spiro atoms. The van der Waals surface area contributed by atoms with Crippen LogP contribution in [0.3, 0.4) is 0 Å². The van der Waals surface area contributed by atoms with E-state index in [1.165, 1.54) is 6.42 Å². The molecule has 0 aliphatic heterocycles. The SMILES string of the molecule is CCCC/N=C\c1ccc(OCc2ccc(CN)cc2)cc1. The van der Waals surface area contributed by atoms with Gasteiger partial charge in [0.25, 0.3) is 0 Å². The molecule has 0 unspecified atom stereocenters. The van der Waals surface area contributed by atoms with Crippen LogP contribution in [0.2, 0.25) is 0 Å². The van der Waals surface area contributed by atoms with E-state index >= 15 is 0 Å². The number of aliphatic imine (C=N–C) groups is 1. The molecule has 2 N–H and O–H groups in total. The summed E-state index contributed by atoms with van der Waals surface area (Å²) in [5.41, 5.74) is 8.97. The van der Waals surface area contributed by atoms with E-state index in [0.717, 1.165) is 35.4 Å². The van der Waals surface area contributed by atoms with E-state index in [2.05, 4.69) is 24.0 Å². The minimum Gasteiger partial charge on any atom is -0.489 e. The Hall–Kier alpha value is -2.13. The standard InChI is InChI=1S/C19H24N2O/c1-2-3-12-21-14-17-8-10-19(11-9-17)22-15-18-6-4-16(13-20)5-7-18/h4-11,14H,2-3,12-13,15,20H2,1H3/b21-14-. The number of benzene rings is 2. The molecule has 3 heteroatoms. The fraction of sp³-hybridized carbons (Fsp3) is 0.316. The summed E-state index contributed by atoms with van der Waals surface area (Å²) in [5.74, 6) is 0.869. The average molecular weight is 296 g/mol. The average Bonchev–Trinajstić information content (AvgIpc) is 2.58. The number of hydrogen-bond acceptors (Lipinski definition) is 3. The lowest BCUT2D eigenvalue weighted by atomic mass is 10.1. The minimum absolute atomic E-state index is 0.564. The Bertz CT molecular complexity index is 573. The minimum atomic E-state index is 0.564. The molecule has 0 heterocycles. The highest BCUT2D eigenvalue weighted by Gasteiger charge is 1.97. The predicted molar refractivity (Wildman–Crippen MR) is 92.5 cm³/mol. The van der Waals surface area contributed by atoms with Crippen molar-refractivity contribution in [1.29, 1.82) is 0 Å². The van der Waals surface area contributed by atoms with Gasteiger partial charge in [0, 0.05) is 19.3 Å². The van der Waals surface area contributed by atoms with Crippen LogP contribution < -0.4 is 10.5 Å². The van der Waals surface area contributed by atoms with E-state index in [1.54, 1.807) is 0 Å². The van der Waals surface area contributed by atoms with Crippen LogP contribution in [-0.4, -0.2) is 12.8 Å². The van der Waals surface area contributed by atoms with E-state index in [9.17, 15) is 0 Å². The van der Waals surface area contributed by atoms with Crippen molar-refractivity contribution in [2.45, 2.75) is 32.9 Å². The lowest BCUT2D eigenvalue weighted by Crippen LogP contribution is -1.98. The van der Waals surface area contributed by atoms with Gasteiger partial charge in [0.15, 0.2) is 0 Å². The van der Waals surface area contributed by atoms with E-state index in [1.807, 2.05) is 42.6 Å². The Morgan fingerprint density at radius 3 is 2.32 bits per heavy atom. The van der Waals surface area contributed by atoms with Crippen LogP contribution in [0, 0.1) is 0 Å². The summed E-state index contributed by atoms with van der Waals surface area (Å²) in [4.78, 5) is 4.39. The third-order valence-corrected chi connectivity index (χ3v) is 3.43. The molecule has 2 aromatic carbocycles. The quantitative estimate of drug-likeness (QED) is 0.592. The maximum absolute atomic E-state index is 5.79. The van der Waals surface area contributed by atoms with E-state index in [4.69, 9.17) is 10.5 Å². The Labute approximate surface area is 132 Å². The first-order valence-corrected chi connectivity index (χ1v) is 7.82. The molecule has 2 aromatic rings. The van der Waals surface area contributed by atoms with Gasteiger partial charge in [-0.25, -0.2) is 0 Å². The first-order valence-electron chi connectivity index (χ1n) is 7.82. The van der Waals surface area contributed by atoms with Crippen molar-refractivity contribution in [2.75, 3.05) is 6.54 Å². The molecular weight excluding hydrogens is 272 g/mol. The molecule has 0 bridgehead atoms. The second-order valence-electron chi connectivity index (χ2n) is 5.27. The molecule has 0 atom stereocenters. The molecule has 0 radical (unpaired) electrons. The third kappa shape index (κ3) is 5.34. The number of rotatable bonds is 8. The molecule has 3 nitrogen and oxygen atoms in total. The summed E-state index contributed by atoms with van der Waals surface area (Å²) < 4.78 is 5.79. The highest BCUT2D eigenvalue weighted by atomic mass is 16.5. The van der Waals surface area contributed by atoms with Crippen molar-refractivity contribution in [3.05, 3.63) is 65.2 Å². The molecule has 116 valence electrons. The van der Waals surface area contributed by atoms with Gasteiger partial charge >= 0.3 is 0 Å². The fourth-order valence-electron chi connectivity index (χ4n) is 2.01. The van der Waals surface area contributed by atoms with Gasteiger partial charge in [-0.3, -0.25) is 4.99 Å². The van der Waals surface area contributed by atoms with Crippen molar-refractivity contribution in [2.24, 2.45) is 10.7 Å². The zero-order chi connectivity index (χ0) is 15.6. The largest absolute Gasteiger partial charge is 0.489 e. The van der Waals surface area contributed by atoms with Crippen LogP contribution in [0.4, 0.5) is 0 Å². The third-order valence-electron chi connectivity index (χ3n) is 3.43. The first-order chi connectivity index (χ1) is 10.8. The number of nitrogens with two attached hydrogens (primary N) is 1. The smallest absolute Gasteiger partial charge is 0.119 e. The second kappa shape index (κ2) is 9.00. The van der Waals surface area contributed by atoms with Gasteiger partial charge in [-0.05, 0) is 47.4 Å². The zero-order valence-corrected chi connectivity index (χ0v) is 13.2. The number of unbranched alkanes of at least 4 members (excludes halogenated alkanes) is 1. The molecule has 2 rings (SSSR count). The van der Waals surface area contributed by atoms with Crippen LogP contribution in [-0.2, 0) is 13.2 Å². The molecule has 0 amide bonds. The van der Waals surface area contributed by atoms with E-state index in [-0.39, 0.29) is 0 Å². The van der Waals surface area contributed by atoms with Crippen LogP contribution in [0.15, 0.2) is 53.5 Å². The second-order valence-corrected chi connectivity index (χ2v) is 5.27. The molecule has 0 saturated heterocycles. The Kier molecular flexibility index (Phi) is 6.65. The van der Waals surface area contributed by atoms with Gasteiger partial charge < -0.3 is 10.5 Å². The van der Waals surface area contributed by atoms with Crippen molar-refractivity contribution >= 4 is 6.21 Å². The number of hydrogen-bond donors (Lipinski definition) is 1. The normalized spacial score (nSPS) is 11.0. The maximum Gasteiger partial charge on any atom is 0.119 e. The highest BCUT2D eigenvalue weighted by molar-refractivity contribution is 5.79. The molecule has 0 aliphatic carbocycles. The number of nitrogens with zero attached hydrogens (tertiary/aromatic N) is 1. The molecular formula is C19H24N2O. The summed E-state index contributed by atoms with van der Waals surface area (Å²) in [6.07, 6.45) is 4.24. The van der Waals surface area contributed by atoms with Gasteiger partial charge in [0.1, 0.15) is 12.4 Å². The van der Waals surface area contributed by atoms with Crippen molar-refractivity contribution in [1.82, 2.24) is 0 Å². The summed E-state index contributed by atoms with van der Waals surface area (Å²) >= 11 is 0. The first kappa shape index (κ1) is 16.2. The monoisotopic (exact) mass is 296 g/mol. The molecule has 0 aromatic heterocycles. The summed E-state index contributed by atoms with van der Waals surface area (Å²) in [7, 11) is 0. The van der Waals surface area contributed by atoms with Crippen LogP contribution >= 0.6 is 0 Å². The summed E-state index contributed by atoms with van der Waals surface area (Å²) in [6, 6.07) is 16.2. The summed E-state index contributed by atoms with van der Waals surface area (Å²) in [6.45, 7) is 4.20. The fourth-order valence-corrected chi connectivity index (χ4v) is 2.01. The topological polar surface area (TPSA) is 47.6 Å². The van der Waals surface area contributed by atoms with Crippen molar-refractivity contribution in [3.8, 4) is 5.75 Å². The number of ether oxygens (including phenoxy) is 1. The summed E-state index contributed by atoms with van der Waals surface area (Å²) in [5, 5.41) is 0. The Balaban J connectivity index is 1.84. The van der Waals surface area contributed by atoms with Crippen molar-refractivity contribution in [3.63, 3.8) is 0 Å². The molecule has 22 heavy (non-hydrogen) atoms. The Morgan fingerprint density at radius 1 is 1.00 bits per heavy atom. The Morgan fingerprint density at radius 2 is 1.68 bits per heavy atom. The van der Waals surface area contributed by atoms with Gasteiger partial charge in [-0.15, -0.1) is 0 Å². The van der Waals surface area contributed by atoms with Gasteiger partial charge in [-0.2, -0.15) is 0 Å².